The Hall–Kier alpha value is -0.340. The average molecular weight is 285 g/mol. The summed E-state index contributed by atoms with van der Waals surface area (Å²) in [5, 5.41) is 1.05. The van der Waals surface area contributed by atoms with Crippen LogP contribution < -0.4 is 0 Å². The van der Waals surface area contributed by atoms with Crippen LogP contribution in [0.1, 0.15) is 25.3 Å². The standard InChI is InChI=1S/C14H21BrO/c1-2-9-16-10-8-14(12-15)11-13-6-4-3-5-7-13/h3-7,14H,2,8-12H2,1H3. The lowest BCUT2D eigenvalue weighted by atomic mass is 9.98. The third-order valence-electron chi connectivity index (χ3n) is 2.60. The van der Waals surface area contributed by atoms with Gasteiger partial charge >= 0.3 is 0 Å². The number of benzene rings is 1. The molecular formula is C14H21BrO. The summed E-state index contributed by atoms with van der Waals surface area (Å²) in [5.41, 5.74) is 1.42. The van der Waals surface area contributed by atoms with Crippen LogP contribution in [-0.4, -0.2) is 18.5 Å². The largest absolute Gasteiger partial charge is 0.381 e. The van der Waals surface area contributed by atoms with E-state index in [1.165, 1.54) is 5.56 Å². The van der Waals surface area contributed by atoms with Crippen molar-refractivity contribution in [2.24, 2.45) is 5.92 Å². The summed E-state index contributed by atoms with van der Waals surface area (Å²) in [6, 6.07) is 10.7. The van der Waals surface area contributed by atoms with E-state index in [0.717, 1.165) is 37.8 Å². The number of alkyl halides is 1. The van der Waals surface area contributed by atoms with Gasteiger partial charge in [-0.1, -0.05) is 53.2 Å². The molecule has 2 heteroatoms. The van der Waals surface area contributed by atoms with E-state index in [0.29, 0.717) is 5.92 Å². The Bertz CT molecular complexity index is 261. The van der Waals surface area contributed by atoms with Crippen molar-refractivity contribution in [2.75, 3.05) is 18.5 Å². The van der Waals surface area contributed by atoms with Crippen molar-refractivity contribution in [3.63, 3.8) is 0 Å². The van der Waals surface area contributed by atoms with Gasteiger partial charge in [0.05, 0.1) is 0 Å². The van der Waals surface area contributed by atoms with Crippen LogP contribution in [0.2, 0.25) is 0 Å². The number of hydrogen-bond donors (Lipinski definition) is 0. The van der Waals surface area contributed by atoms with Crippen LogP contribution in [0.4, 0.5) is 0 Å². The predicted molar refractivity (Wildman–Crippen MR) is 73.2 cm³/mol. The summed E-state index contributed by atoms with van der Waals surface area (Å²) in [5.74, 6) is 0.680. The van der Waals surface area contributed by atoms with Gasteiger partial charge < -0.3 is 4.74 Å². The molecule has 1 unspecified atom stereocenters. The first-order valence-electron chi connectivity index (χ1n) is 6.04. The second-order valence-electron chi connectivity index (χ2n) is 4.11. The fourth-order valence-corrected chi connectivity index (χ4v) is 2.23. The molecule has 0 aliphatic carbocycles. The SMILES string of the molecule is CCCOCCC(CBr)Cc1ccccc1. The molecule has 1 nitrogen and oxygen atoms in total. The Labute approximate surface area is 107 Å². The van der Waals surface area contributed by atoms with Crippen LogP contribution in [0, 0.1) is 5.92 Å². The monoisotopic (exact) mass is 284 g/mol. The lowest BCUT2D eigenvalue weighted by Gasteiger charge is -2.14. The van der Waals surface area contributed by atoms with Crippen molar-refractivity contribution >= 4 is 15.9 Å². The Morgan fingerprint density at radius 3 is 2.56 bits per heavy atom. The Morgan fingerprint density at radius 2 is 1.94 bits per heavy atom. The van der Waals surface area contributed by atoms with Gasteiger partial charge in [-0.25, -0.2) is 0 Å². The molecule has 0 heterocycles. The molecule has 0 N–H and O–H groups in total. The summed E-state index contributed by atoms with van der Waals surface area (Å²) in [6.45, 7) is 3.92. The Kier molecular flexibility index (Phi) is 7.52. The predicted octanol–water partition coefficient (Wildman–Crippen LogP) is 4.06. The molecule has 1 aromatic rings. The molecule has 0 saturated carbocycles. The molecule has 0 aliphatic rings. The van der Waals surface area contributed by atoms with Gasteiger partial charge in [-0.05, 0) is 30.7 Å². The molecule has 0 radical (unpaired) electrons. The topological polar surface area (TPSA) is 9.23 Å². The van der Waals surface area contributed by atoms with Crippen LogP contribution in [0.25, 0.3) is 0 Å². The summed E-state index contributed by atoms with van der Waals surface area (Å²) < 4.78 is 5.53. The summed E-state index contributed by atoms with van der Waals surface area (Å²) in [7, 11) is 0. The van der Waals surface area contributed by atoms with Crippen LogP contribution in [-0.2, 0) is 11.2 Å². The van der Waals surface area contributed by atoms with Crippen molar-refractivity contribution in [3.05, 3.63) is 35.9 Å². The number of ether oxygens (including phenoxy) is 1. The van der Waals surface area contributed by atoms with Crippen LogP contribution in [0.15, 0.2) is 30.3 Å². The van der Waals surface area contributed by atoms with Gasteiger partial charge in [-0.2, -0.15) is 0 Å². The van der Waals surface area contributed by atoms with E-state index in [-0.39, 0.29) is 0 Å². The molecule has 0 bridgehead atoms. The maximum Gasteiger partial charge on any atom is 0.0469 e. The van der Waals surface area contributed by atoms with Gasteiger partial charge in [-0.15, -0.1) is 0 Å². The lowest BCUT2D eigenvalue weighted by molar-refractivity contribution is 0.123. The maximum atomic E-state index is 5.53. The van der Waals surface area contributed by atoms with Crippen molar-refractivity contribution in [2.45, 2.75) is 26.2 Å². The molecule has 0 amide bonds. The second kappa shape index (κ2) is 8.77. The Morgan fingerprint density at radius 1 is 1.19 bits per heavy atom. The molecule has 1 atom stereocenters. The fraction of sp³-hybridized carbons (Fsp3) is 0.571. The normalized spacial score (nSPS) is 12.6. The zero-order chi connectivity index (χ0) is 11.6. The maximum absolute atomic E-state index is 5.53. The molecule has 1 aromatic carbocycles. The van der Waals surface area contributed by atoms with Gasteiger partial charge in [0.15, 0.2) is 0 Å². The van der Waals surface area contributed by atoms with Crippen LogP contribution in [0.5, 0.6) is 0 Å². The van der Waals surface area contributed by atoms with Crippen LogP contribution in [0.3, 0.4) is 0 Å². The van der Waals surface area contributed by atoms with Crippen molar-refractivity contribution < 1.29 is 4.74 Å². The molecule has 0 aromatic heterocycles. The minimum Gasteiger partial charge on any atom is -0.381 e. The third kappa shape index (κ3) is 5.66. The first kappa shape index (κ1) is 13.7. The highest BCUT2D eigenvalue weighted by Crippen LogP contribution is 2.14. The van der Waals surface area contributed by atoms with E-state index < -0.39 is 0 Å². The zero-order valence-corrected chi connectivity index (χ0v) is 11.6. The highest BCUT2D eigenvalue weighted by atomic mass is 79.9. The van der Waals surface area contributed by atoms with Gasteiger partial charge in [0.2, 0.25) is 0 Å². The van der Waals surface area contributed by atoms with Crippen molar-refractivity contribution in [1.29, 1.82) is 0 Å². The number of halogens is 1. The molecular weight excluding hydrogens is 264 g/mol. The summed E-state index contributed by atoms with van der Waals surface area (Å²) >= 11 is 3.59. The van der Waals surface area contributed by atoms with E-state index in [1.807, 2.05) is 0 Å². The smallest absolute Gasteiger partial charge is 0.0469 e. The molecule has 0 saturated heterocycles. The second-order valence-corrected chi connectivity index (χ2v) is 4.76. The minimum atomic E-state index is 0.680. The zero-order valence-electron chi connectivity index (χ0n) is 9.99. The fourth-order valence-electron chi connectivity index (χ4n) is 1.68. The molecule has 90 valence electrons. The van der Waals surface area contributed by atoms with Crippen LogP contribution >= 0.6 is 15.9 Å². The quantitative estimate of drug-likeness (QED) is 0.517. The van der Waals surface area contributed by atoms with E-state index in [2.05, 4.69) is 53.2 Å². The van der Waals surface area contributed by atoms with E-state index in [4.69, 9.17) is 4.74 Å². The first-order chi connectivity index (χ1) is 7.86. The van der Waals surface area contributed by atoms with Gasteiger partial charge in [0.1, 0.15) is 0 Å². The van der Waals surface area contributed by atoms with Crippen molar-refractivity contribution in [1.82, 2.24) is 0 Å². The van der Waals surface area contributed by atoms with E-state index >= 15 is 0 Å². The number of rotatable bonds is 8. The lowest BCUT2D eigenvalue weighted by Crippen LogP contribution is -2.10. The number of hydrogen-bond acceptors (Lipinski definition) is 1. The summed E-state index contributed by atoms with van der Waals surface area (Å²) in [4.78, 5) is 0. The van der Waals surface area contributed by atoms with Gasteiger partial charge in [0.25, 0.3) is 0 Å². The highest BCUT2D eigenvalue weighted by molar-refractivity contribution is 9.09. The molecule has 0 fully saturated rings. The van der Waals surface area contributed by atoms with Gasteiger partial charge in [-0.3, -0.25) is 0 Å². The van der Waals surface area contributed by atoms with E-state index in [9.17, 15) is 0 Å². The molecule has 1 rings (SSSR count). The van der Waals surface area contributed by atoms with Gasteiger partial charge in [0, 0.05) is 18.5 Å². The first-order valence-corrected chi connectivity index (χ1v) is 7.16. The van der Waals surface area contributed by atoms with Crippen molar-refractivity contribution in [3.8, 4) is 0 Å². The summed E-state index contributed by atoms with van der Waals surface area (Å²) in [6.07, 6.45) is 3.39. The Balaban J connectivity index is 2.26. The molecule has 0 spiro atoms. The average Bonchev–Trinajstić information content (AvgIpc) is 2.34. The highest BCUT2D eigenvalue weighted by Gasteiger charge is 2.07. The third-order valence-corrected chi connectivity index (χ3v) is 3.52. The minimum absolute atomic E-state index is 0.680. The molecule has 0 aliphatic heterocycles. The molecule has 16 heavy (non-hydrogen) atoms. The van der Waals surface area contributed by atoms with E-state index in [1.54, 1.807) is 0 Å².